The summed E-state index contributed by atoms with van der Waals surface area (Å²) in [6.45, 7) is 2.24. The molecular formula is C18H25O2. The zero-order chi connectivity index (χ0) is 14.4. The summed E-state index contributed by atoms with van der Waals surface area (Å²) < 4.78 is 0. The molecule has 0 atom stereocenters. The van der Waals surface area contributed by atoms with Crippen LogP contribution in [0.15, 0.2) is 24.3 Å². The van der Waals surface area contributed by atoms with Gasteiger partial charge in [0.05, 0.1) is 5.56 Å². The van der Waals surface area contributed by atoms with Gasteiger partial charge in [-0.2, -0.15) is 0 Å². The molecule has 0 aliphatic heterocycles. The molecule has 1 aromatic rings. The van der Waals surface area contributed by atoms with Crippen molar-refractivity contribution in [1.29, 1.82) is 0 Å². The summed E-state index contributed by atoms with van der Waals surface area (Å²) >= 11 is 0. The first kappa shape index (κ1) is 15.1. The highest BCUT2D eigenvalue weighted by Crippen LogP contribution is 2.38. The fraction of sp³-hybridized carbons (Fsp3) is 0.611. The van der Waals surface area contributed by atoms with Gasteiger partial charge in [0, 0.05) is 0 Å². The lowest BCUT2D eigenvalue weighted by atomic mass is 9.76. The van der Waals surface area contributed by atoms with E-state index in [9.17, 15) is 9.90 Å². The molecular weight excluding hydrogens is 248 g/mol. The molecule has 2 rings (SSSR count). The summed E-state index contributed by atoms with van der Waals surface area (Å²) in [6.07, 6.45) is 10.1. The smallest absolute Gasteiger partial charge is 0.241 e. The lowest BCUT2D eigenvalue weighted by Gasteiger charge is -2.29. The molecule has 0 amide bonds. The first-order valence-electron chi connectivity index (χ1n) is 8.02. The second-order valence-electron chi connectivity index (χ2n) is 6.09. The molecule has 0 bridgehead atoms. The van der Waals surface area contributed by atoms with E-state index in [0.717, 1.165) is 24.3 Å². The Bertz CT molecular complexity index is 431. The number of unbranched alkanes of at least 4 members (excludes halogenated alkanes) is 2. The lowest BCUT2D eigenvalue weighted by molar-refractivity contribution is 0.0571. The summed E-state index contributed by atoms with van der Waals surface area (Å²) in [5.41, 5.74) is 1.38. The Labute approximate surface area is 122 Å². The minimum absolute atomic E-state index is 0.391. The number of benzene rings is 1. The highest BCUT2D eigenvalue weighted by molar-refractivity contribution is 5.89. The molecule has 2 heteroatoms. The summed E-state index contributed by atoms with van der Waals surface area (Å²) in [5.74, 6) is 0.227. The second-order valence-corrected chi connectivity index (χ2v) is 6.09. The first-order valence-corrected chi connectivity index (χ1v) is 8.02. The van der Waals surface area contributed by atoms with Gasteiger partial charge < -0.3 is 0 Å². The molecule has 2 nitrogen and oxygen atoms in total. The van der Waals surface area contributed by atoms with Crippen molar-refractivity contribution in [2.24, 2.45) is 5.92 Å². The van der Waals surface area contributed by atoms with Crippen LogP contribution in [0.1, 0.15) is 80.1 Å². The Kier molecular flexibility index (Phi) is 5.63. The fourth-order valence-corrected chi connectivity index (χ4v) is 3.48. The molecule has 1 saturated carbocycles. The van der Waals surface area contributed by atoms with Crippen molar-refractivity contribution in [3.05, 3.63) is 35.4 Å². The fourth-order valence-electron chi connectivity index (χ4n) is 3.48. The van der Waals surface area contributed by atoms with Crippen LogP contribution in [0.4, 0.5) is 0 Å². The van der Waals surface area contributed by atoms with E-state index in [0.29, 0.717) is 11.5 Å². The van der Waals surface area contributed by atoms with Crippen molar-refractivity contribution >= 4 is 5.97 Å². The van der Waals surface area contributed by atoms with Crippen LogP contribution >= 0.6 is 0 Å². The van der Waals surface area contributed by atoms with E-state index in [4.69, 9.17) is 0 Å². The molecule has 109 valence electrons. The van der Waals surface area contributed by atoms with Crippen LogP contribution in [-0.2, 0) is 5.11 Å². The highest BCUT2D eigenvalue weighted by atomic mass is 16.4. The van der Waals surface area contributed by atoms with Gasteiger partial charge in [-0.25, -0.2) is 9.90 Å². The van der Waals surface area contributed by atoms with Crippen LogP contribution in [-0.4, -0.2) is 5.97 Å². The average Bonchev–Trinajstić information content (AvgIpc) is 2.48. The van der Waals surface area contributed by atoms with E-state index in [1.54, 1.807) is 12.1 Å². The monoisotopic (exact) mass is 273 g/mol. The van der Waals surface area contributed by atoms with Crippen molar-refractivity contribution in [3.8, 4) is 0 Å². The van der Waals surface area contributed by atoms with Gasteiger partial charge in [-0.05, 0) is 49.1 Å². The average molecular weight is 273 g/mol. The Hall–Kier alpha value is -1.31. The molecule has 0 spiro atoms. The quantitative estimate of drug-likeness (QED) is 0.663. The molecule has 1 aromatic carbocycles. The summed E-state index contributed by atoms with van der Waals surface area (Å²) in [5, 5.41) is 11.2. The maximum atomic E-state index is 11.2. The predicted octanol–water partition coefficient (Wildman–Crippen LogP) is 5.11. The van der Waals surface area contributed by atoms with Gasteiger partial charge in [0.2, 0.25) is 0 Å². The molecule has 1 aliphatic carbocycles. The van der Waals surface area contributed by atoms with E-state index >= 15 is 0 Å². The SMILES string of the molecule is CCCCCC1CCC(c2ccccc2C([O])=O)CC1. The van der Waals surface area contributed by atoms with Crippen LogP contribution in [0.3, 0.4) is 0 Å². The van der Waals surface area contributed by atoms with Gasteiger partial charge in [-0.3, -0.25) is 0 Å². The van der Waals surface area contributed by atoms with E-state index in [-0.39, 0.29) is 0 Å². The van der Waals surface area contributed by atoms with Crippen LogP contribution in [0.2, 0.25) is 0 Å². The number of hydrogen-bond acceptors (Lipinski definition) is 1. The van der Waals surface area contributed by atoms with Crippen molar-refractivity contribution in [2.75, 3.05) is 0 Å². The van der Waals surface area contributed by atoms with Crippen molar-refractivity contribution in [1.82, 2.24) is 0 Å². The summed E-state index contributed by atoms with van der Waals surface area (Å²) in [6, 6.07) is 7.37. The number of carbonyl (C=O) groups excluding carboxylic acids is 1. The van der Waals surface area contributed by atoms with Crippen molar-refractivity contribution < 1.29 is 9.90 Å². The van der Waals surface area contributed by atoms with Crippen LogP contribution in [0.5, 0.6) is 0 Å². The Balaban J connectivity index is 1.92. The van der Waals surface area contributed by atoms with E-state index < -0.39 is 5.97 Å². The first-order chi connectivity index (χ1) is 9.72. The Morgan fingerprint density at radius 3 is 2.45 bits per heavy atom. The van der Waals surface area contributed by atoms with Crippen molar-refractivity contribution in [2.45, 2.75) is 64.2 Å². The zero-order valence-electron chi connectivity index (χ0n) is 12.4. The standard InChI is InChI=1S/C18H25O2/c1-2-3-4-7-14-10-12-15(13-11-14)16-8-5-6-9-17(16)18(19)20/h5-6,8-9,14-15H,2-4,7,10-13H2,1H3. The van der Waals surface area contributed by atoms with E-state index in [1.165, 1.54) is 38.5 Å². The molecule has 0 heterocycles. The molecule has 1 fully saturated rings. The van der Waals surface area contributed by atoms with Crippen LogP contribution in [0.25, 0.3) is 0 Å². The number of carbonyl (C=O) groups is 1. The van der Waals surface area contributed by atoms with Crippen LogP contribution < -0.4 is 0 Å². The molecule has 0 unspecified atom stereocenters. The van der Waals surface area contributed by atoms with Gasteiger partial charge in [0.1, 0.15) is 0 Å². The normalized spacial score (nSPS) is 22.6. The molecule has 0 saturated heterocycles. The zero-order valence-corrected chi connectivity index (χ0v) is 12.4. The maximum Gasteiger partial charge on any atom is 0.386 e. The Morgan fingerprint density at radius 1 is 1.10 bits per heavy atom. The molecule has 0 aromatic heterocycles. The molecule has 1 aliphatic rings. The van der Waals surface area contributed by atoms with E-state index in [2.05, 4.69) is 6.92 Å². The lowest BCUT2D eigenvalue weighted by Crippen LogP contribution is -2.15. The predicted molar refractivity (Wildman–Crippen MR) is 80.3 cm³/mol. The molecule has 20 heavy (non-hydrogen) atoms. The number of hydrogen-bond donors (Lipinski definition) is 0. The summed E-state index contributed by atoms with van der Waals surface area (Å²) in [7, 11) is 0. The molecule has 0 N–H and O–H groups in total. The van der Waals surface area contributed by atoms with E-state index in [1.807, 2.05) is 12.1 Å². The third-order valence-corrected chi connectivity index (χ3v) is 4.68. The minimum atomic E-state index is -1.04. The maximum absolute atomic E-state index is 11.2. The van der Waals surface area contributed by atoms with Gasteiger partial charge in [-0.1, -0.05) is 50.8 Å². The van der Waals surface area contributed by atoms with Gasteiger partial charge >= 0.3 is 5.97 Å². The topological polar surface area (TPSA) is 37.0 Å². The largest absolute Gasteiger partial charge is 0.386 e. The van der Waals surface area contributed by atoms with Gasteiger partial charge in [0.25, 0.3) is 0 Å². The van der Waals surface area contributed by atoms with Gasteiger partial charge in [-0.15, -0.1) is 0 Å². The van der Waals surface area contributed by atoms with Gasteiger partial charge in [0.15, 0.2) is 0 Å². The Morgan fingerprint density at radius 2 is 1.80 bits per heavy atom. The third kappa shape index (κ3) is 3.84. The minimum Gasteiger partial charge on any atom is -0.241 e. The second kappa shape index (κ2) is 7.47. The number of rotatable bonds is 6. The highest BCUT2D eigenvalue weighted by Gasteiger charge is 2.25. The third-order valence-electron chi connectivity index (χ3n) is 4.68. The van der Waals surface area contributed by atoms with Crippen LogP contribution in [0, 0.1) is 5.92 Å². The van der Waals surface area contributed by atoms with Crippen molar-refractivity contribution in [3.63, 3.8) is 0 Å². The molecule has 1 radical (unpaired) electrons. The summed E-state index contributed by atoms with van der Waals surface area (Å²) in [4.78, 5) is 11.2.